The average Bonchev–Trinajstić information content (AvgIpc) is 3.81. The van der Waals surface area contributed by atoms with E-state index in [2.05, 4.69) is 146 Å². The van der Waals surface area contributed by atoms with Crippen LogP contribution in [0.3, 0.4) is 0 Å². The molecule has 3 heterocycles. The van der Waals surface area contributed by atoms with Crippen molar-refractivity contribution in [3.8, 4) is 56.4 Å². The molecule has 11 aromatic rings. The molecular formula is C49H29N3OS. The topological polar surface area (TPSA) is 51.8 Å². The molecule has 252 valence electrons. The molecule has 0 saturated carbocycles. The Hall–Kier alpha value is -6.95. The normalized spacial score (nSPS) is 11.7. The molecule has 0 amide bonds. The number of hydrogen-bond acceptors (Lipinski definition) is 5. The van der Waals surface area contributed by atoms with Crippen LogP contribution < -0.4 is 0 Å². The van der Waals surface area contributed by atoms with Crippen LogP contribution in [0.5, 0.6) is 0 Å². The van der Waals surface area contributed by atoms with Gasteiger partial charge in [0.05, 0.1) is 0 Å². The summed E-state index contributed by atoms with van der Waals surface area (Å²) in [5, 5.41) is 6.87. The van der Waals surface area contributed by atoms with Crippen molar-refractivity contribution in [1.82, 2.24) is 15.0 Å². The summed E-state index contributed by atoms with van der Waals surface area (Å²) in [5.41, 5.74) is 9.30. The minimum atomic E-state index is 0.638. The van der Waals surface area contributed by atoms with E-state index >= 15 is 0 Å². The minimum Gasteiger partial charge on any atom is -0.456 e. The maximum atomic E-state index is 6.28. The van der Waals surface area contributed by atoms with Crippen molar-refractivity contribution in [3.63, 3.8) is 0 Å². The lowest BCUT2D eigenvalue weighted by atomic mass is 9.94. The van der Waals surface area contributed by atoms with Gasteiger partial charge < -0.3 is 4.42 Å². The van der Waals surface area contributed by atoms with Gasteiger partial charge in [-0.15, -0.1) is 11.3 Å². The highest BCUT2D eigenvalue weighted by Crippen LogP contribution is 2.42. The monoisotopic (exact) mass is 707 g/mol. The Labute approximate surface area is 314 Å². The molecule has 0 spiro atoms. The summed E-state index contributed by atoms with van der Waals surface area (Å²) in [5.74, 6) is 1.94. The first-order valence-electron chi connectivity index (χ1n) is 18.0. The van der Waals surface area contributed by atoms with E-state index in [9.17, 15) is 0 Å². The summed E-state index contributed by atoms with van der Waals surface area (Å²) in [6.45, 7) is 0. The molecule has 11 rings (SSSR count). The van der Waals surface area contributed by atoms with Crippen LogP contribution in [0, 0.1) is 0 Å². The van der Waals surface area contributed by atoms with Crippen LogP contribution in [0.15, 0.2) is 180 Å². The number of nitrogens with zero attached hydrogens (tertiary/aromatic N) is 3. The zero-order valence-corrected chi connectivity index (χ0v) is 29.7. The fraction of sp³-hybridized carbons (Fsp3) is 0. The zero-order chi connectivity index (χ0) is 35.6. The second-order valence-electron chi connectivity index (χ2n) is 13.5. The van der Waals surface area contributed by atoms with E-state index in [1.165, 1.54) is 26.6 Å². The van der Waals surface area contributed by atoms with E-state index in [0.717, 1.165) is 65.2 Å². The maximum Gasteiger partial charge on any atom is 0.165 e. The Kier molecular flexibility index (Phi) is 7.00. The number of aromatic nitrogens is 3. The van der Waals surface area contributed by atoms with Crippen LogP contribution in [0.2, 0.25) is 0 Å². The molecule has 0 N–H and O–H groups in total. The van der Waals surface area contributed by atoms with Crippen molar-refractivity contribution in [2.75, 3.05) is 0 Å². The number of para-hydroxylation sites is 1. The summed E-state index contributed by atoms with van der Waals surface area (Å²) in [6.07, 6.45) is 0. The Morgan fingerprint density at radius 2 is 0.944 bits per heavy atom. The molecule has 0 aliphatic heterocycles. The van der Waals surface area contributed by atoms with E-state index in [0.29, 0.717) is 17.5 Å². The third-order valence-electron chi connectivity index (χ3n) is 10.4. The van der Waals surface area contributed by atoms with Gasteiger partial charge in [0.2, 0.25) is 0 Å². The SMILES string of the molecule is c1ccc(-c2ccc3sc4c(-c5nc(-c6ccccc6)nc(-c6ccc(-c7ccc8c(c7)oc7ccccc78)c7ccccc67)n5)cccc4c3c2)cc1. The first-order valence-corrected chi connectivity index (χ1v) is 18.8. The highest BCUT2D eigenvalue weighted by Gasteiger charge is 2.19. The lowest BCUT2D eigenvalue weighted by Gasteiger charge is -2.13. The second-order valence-corrected chi connectivity index (χ2v) is 14.6. The number of furan rings is 1. The van der Waals surface area contributed by atoms with Crippen molar-refractivity contribution in [3.05, 3.63) is 176 Å². The highest BCUT2D eigenvalue weighted by atomic mass is 32.1. The van der Waals surface area contributed by atoms with E-state index in [-0.39, 0.29) is 0 Å². The largest absolute Gasteiger partial charge is 0.456 e. The second kappa shape index (κ2) is 12.3. The zero-order valence-electron chi connectivity index (χ0n) is 28.9. The Morgan fingerprint density at radius 3 is 1.76 bits per heavy atom. The lowest BCUT2D eigenvalue weighted by Crippen LogP contribution is -2.01. The predicted molar refractivity (Wildman–Crippen MR) is 225 cm³/mol. The van der Waals surface area contributed by atoms with Gasteiger partial charge in [-0.2, -0.15) is 0 Å². The number of hydrogen-bond donors (Lipinski definition) is 0. The summed E-state index contributed by atoms with van der Waals surface area (Å²) in [7, 11) is 0. The van der Waals surface area contributed by atoms with Crippen molar-refractivity contribution < 1.29 is 4.42 Å². The standard InChI is InChI=1S/C49H29N3OS/c1-3-12-30(13-4-1)32-23-27-45-42(28-32)39-19-11-20-41(46(39)54-45)49-51-47(31-14-5-2-6-15-31)50-48(52-49)40-26-25-34(35-16-7-8-17-36(35)40)33-22-24-38-37-18-9-10-21-43(37)53-44(38)29-33/h1-29H. The summed E-state index contributed by atoms with van der Waals surface area (Å²) >= 11 is 1.79. The van der Waals surface area contributed by atoms with Gasteiger partial charge >= 0.3 is 0 Å². The third-order valence-corrected chi connectivity index (χ3v) is 11.6. The maximum absolute atomic E-state index is 6.28. The van der Waals surface area contributed by atoms with Gasteiger partial charge in [-0.05, 0) is 75.5 Å². The number of fused-ring (bicyclic) bond motifs is 7. The fourth-order valence-electron chi connectivity index (χ4n) is 7.76. The third kappa shape index (κ3) is 5.01. The predicted octanol–water partition coefficient (Wildman–Crippen LogP) is 13.6. The fourth-order valence-corrected chi connectivity index (χ4v) is 8.95. The van der Waals surface area contributed by atoms with E-state index in [4.69, 9.17) is 19.4 Å². The number of rotatable bonds is 5. The summed E-state index contributed by atoms with van der Waals surface area (Å²) in [4.78, 5) is 15.6. The Morgan fingerprint density at radius 1 is 0.333 bits per heavy atom. The summed E-state index contributed by atoms with van der Waals surface area (Å²) < 4.78 is 8.68. The number of thiophene rings is 1. The van der Waals surface area contributed by atoms with E-state index in [1.807, 2.05) is 30.3 Å². The molecule has 0 fully saturated rings. The van der Waals surface area contributed by atoms with Gasteiger partial charge in [0.1, 0.15) is 11.2 Å². The summed E-state index contributed by atoms with van der Waals surface area (Å²) in [6, 6.07) is 61.5. The highest BCUT2D eigenvalue weighted by molar-refractivity contribution is 7.26. The molecule has 0 radical (unpaired) electrons. The lowest BCUT2D eigenvalue weighted by molar-refractivity contribution is 0.669. The molecule has 3 aromatic heterocycles. The average molecular weight is 708 g/mol. The van der Waals surface area contributed by atoms with Crippen LogP contribution in [-0.2, 0) is 0 Å². The molecular weight excluding hydrogens is 679 g/mol. The van der Waals surface area contributed by atoms with E-state index in [1.54, 1.807) is 11.3 Å². The van der Waals surface area contributed by atoms with Gasteiger partial charge in [-0.25, -0.2) is 15.0 Å². The smallest absolute Gasteiger partial charge is 0.165 e. The Bertz CT molecular complexity index is 3220. The van der Waals surface area contributed by atoms with Gasteiger partial charge in [0, 0.05) is 47.6 Å². The molecule has 5 heteroatoms. The molecule has 54 heavy (non-hydrogen) atoms. The van der Waals surface area contributed by atoms with Crippen molar-refractivity contribution in [2.24, 2.45) is 0 Å². The van der Waals surface area contributed by atoms with Gasteiger partial charge in [-0.3, -0.25) is 0 Å². The minimum absolute atomic E-state index is 0.638. The molecule has 0 aliphatic carbocycles. The molecule has 0 saturated heterocycles. The van der Waals surface area contributed by atoms with Crippen LogP contribution in [0.1, 0.15) is 0 Å². The quantitative estimate of drug-likeness (QED) is 0.179. The van der Waals surface area contributed by atoms with Crippen LogP contribution in [0.4, 0.5) is 0 Å². The van der Waals surface area contributed by atoms with Crippen molar-refractivity contribution in [2.45, 2.75) is 0 Å². The Balaban J connectivity index is 1.09. The first kappa shape index (κ1) is 30.7. The van der Waals surface area contributed by atoms with Gasteiger partial charge in [0.25, 0.3) is 0 Å². The van der Waals surface area contributed by atoms with Crippen LogP contribution >= 0.6 is 11.3 Å². The number of benzene rings is 8. The molecule has 0 unspecified atom stereocenters. The van der Waals surface area contributed by atoms with Gasteiger partial charge in [0.15, 0.2) is 17.5 Å². The molecule has 4 nitrogen and oxygen atoms in total. The molecule has 0 atom stereocenters. The van der Waals surface area contributed by atoms with Crippen molar-refractivity contribution in [1.29, 1.82) is 0 Å². The van der Waals surface area contributed by atoms with Gasteiger partial charge in [-0.1, -0.05) is 133 Å². The van der Waals surface area contributed by atoms with Crippen LogP contribution in [-0.4, -0.2) is 15.0 Å². The first-order chi connectivity index (χ1) is 26.7. The van der Waals surface area contributed by atoms with Crippen molar-refractivity contribution >= 4 is 64.2 Å². The molecule has 8 aromatic carbocycles. The van der Waals surface area contributed by atoms with E-state index < -0.39 is 0 Å². The molecule has 0 aliphatic rings. The molecule has 0 bridgehead atoms. The van der Waals surface area contributed by atoms with Crippen LogP contribution in [0.25, 0.3) is 109 Å².